The molecule has 8 aromatic rings. The number of rotatable bonds is 0. The number of nitrogens with one attached hydrogen (secondary N) is 1. The van der Waals surface area contributed by atoms with Crippen molar-refractivity contribution in [3.63, 3.8) is 0 Å². The summed E-state index contributed by atoms with van der Waals surface area (Å²) >= 11 is 7.55. The zero-order valence-electron chi connectivity index (χ0n) is 23.1. The minimum absolute atomic E-state index is 0.623. The van der Waals surface area contributed by atoms with Gasteiger partial charge >= 0.3 is 6.40 Å². The molecule has 0 saturated heterocycles. The number of aromatic nitrogens is 2. The number of amidine groups is 2. The van der Waals surface area contributed by atoms with E-state index in [1.807, 2.05) is 0 Å². The standard InChI is InChI=1S/C36H18BClN6/c38-37-43-33-27-15-21-9-3-5-11-23(21)17-29(27)35(43)42-36-30-18-24-12-6-4-10-22(24)16-28(30)34(44(36)37)41-32-26-14-20-8-2-1-7-19(20)13-25(26)31(39-32)40-33/h1-18H/p+1. The van der Waals surface area contributed by atoms with Gasteiger partial charge in [-0.25, -0.2) is 9.48 Å². The van der Waals surface area contributed by atoms with Crippen LogP contribution in [-0.2, 0) is 0 Å². The number of nitrogens with zero attached hydrogens (tertiary/aromatic N) is 5. The van der Waals surface area contributed by atoms with Crippen LogP contribution >= 0.6 is 11.5 Å². The SMILES string of the molecule is ClB1n2c3c4cc5ccccc5cc4c2N=c2[nH]c(c4cc5ccccc5cc24)=NC2=[N+]1C(=N3)c1cc3ccccc3cc12. The first-order valence-electron chi connectivity index (χ1n) is 14.7. The molecule has 0 spiro atoms. The van der Waals surface area contributed by atoms with E-state index in [-0.39, 0.29) is 0 Å². The molecule has 4 bridgehead atoms. The summed E-state index contributed by atoms with van der Waals surface area (Å²) in [6.45, 7) is 0. The maximum Gasteiger partial charge on any atom is 0.583 e. The van der Waals surface area contributed by atoms with Gasteiger partial charge in [-0.05, 0) is 68.7 Å². The van der Waals surface area contributed by atoms with Crippen LogP contribution in [0.15, 0.2) is 124 Å². The first-order chi connectivity index (χ1) is 21.7. The molecular weight excluding hydrogens is 563 g/mol. The number of halogens is 1. The van der Waals surface area contributed by atoms with Gasteiger partial charge in [-0.2, -0.15) is 0 Å². The molecule has 0 fully saturated rings. The van der Waals surface area contributed by atoms with Crippen molar-refractivity contribution in [2.75, 3.05) is 0 Å². The molecule has 8 heteroatoms. The highest BCUT2D eigenvalue weighted by Crippen LogP contribution is 2.44. The summed E-state index contributed by atoms with van der Waals surface area (Å²) in [5, 5.41) is 11.0. The van der Waals surface area contributed by atoms with Crippen molar-refractivity contribution in [2.24, 2.45) is 15.0 Å². The molecule has 44 heavy (non-hydrogen) atoms. The van der Waals surface area contributed by atoms with Gasteiger partial charge in [0.15, 0.2) is 0 Å². The molecule has 2 aromatic heterocycles. The highest BCUT2D eigenvalue weighted by molar-refractivity contribution is 7.02. The fourth-order valence-electron chi connectivity index (χ4n) is 7.28. The first kappa shape index (κ1) is 23.0. The van der Waals surface area contributed by atoms with Crippen LogP contribution in [0.3, 0.4) is 0 Å². The van der Waals surface area contributed by atoms with Crippen LogP contribution in [0, 0.1) is 0 Å². The second-order valence-electron chi connectivity index (χ2n) is 11.7. The fourth-order valence-corrected chi connectivity index (χ4v) is 7.65. The number of hydrogen-bond acceptors (Lipinski definition) is 3. The van der Waals surface area contributed by atoms with Gasteiger partial charge in [0, 0.05) is 21.5 Å². The lowest BCUT2D eigenvalue weighted by molar-refractivity contribution is -0.244. The number of aromatic amines is 1. The van der Waals surface area contributed by atoms with Gasteiger partial charge < -0.3 is 4.98 Å². The van der Waals surface area contributed by atoms with Crippen molar-refractivity contribution in [3.8, 4) is 0 Å². The van der Waals surface area contributed by atoms with E-state index in [1.54, 1.807) is 0 Å². The monoisotopic (exact) mass is 581 g/mol. The van der Waals surface area contributed by atoms with E-state index >= 15 is 0 Å². The van der Waals surface area contributed by atoms with Gasteiger partial charge in [-0.1, -0.05) is 82.8 Å². The Labute approximate surface area is 254 Å². The minimum atomic E-state index is -0.623. The summed E-state index contributed by atoms with van der Waals surface area (Å²) in [5.74, 6) is 3.15. The van der Waals surface area contributed by atoms with Crippen LogP contribution in [0.2, 0.25) is 0 Å². The molecule has 0 atom stereocenters. The Morgan fingerprint density at radius 2 is 1.00 bits per heavy atom. The summed E-state index contributed by atoms with van der Waals surface area (Å²) < 4.78 is 4.13. The molecule has 0 amide bonds. The normalized spacial score (nSPS) is 14.8. The second-order valence-corrected chi connectivity index (χ2v) is 12.1. The average molecular weight is 582 g/mol. The molecule has 3 aliphatic heterocycles. The Morgan fingerprint density at radius 3 is 1.57 bits per heavy atom. The highest BCUT2D eigenvalue weighted by Gasteiger charge is 2.48. The number of fused-ring (bicyclic) bond motifs is 14. The van der Waals surface area contributed by atoms with E-state index in [0.717, 1.165) is 99.3 Å². The molecule has 6 nitrogen and oxygen atoms in total. The van der Waals surface area contributed by atoms with Crippen molar-refractivity contribution in [2.45, 2.75) is 0 Å². The zero-order chi connectivity index (χ0) is 28.7. The molecule has 0 unspecified atom stereocenters. The molecule has 5 heterocycles. The number of benzene rings is 6. The fraction of sp³-hybridized carbons (Fsp3) is 0. The quantitative estimate of drug-likeness (QED) is 0.186. The van der Waals surface area contributed by atoms with Crippen LogP contribution in [-0.4, -0.2) is 32.0 Å². The Bertz CT molecular complexity index is 2860. The van der Waals surface area contributed by atoms with Crippen molar-refractivity contribution >= 4 is 95.0 Å². The lowest BCUT2D eigenvalue weighted by Gasteiger charge is -2.16. The largest absolute Gasteiger partial charge is 0.583 e. The molecule has 0 saturated carbocycles. The molecule has 11 rings (SSSR count). The summed E-state index contributed by atoms with van der Waals surface area (Å²) in [5.41, 5.74) is 3.54. The first-order valence-corrected chi connectivity index (χ1v) is 15.1. The third-order valence-corrected chi connectivity index (χ3v) is 9.74. The van der Waals surface area contributed by atoms with Gasteiger partial charge in [0.1, 0.15) is 11.3 Å². The molecule has 1 N–H and O–H groups in total. The summed E-state index contributed by atoms with van der Waals surface area (Å²) in [6, 6.07) is 38.5. The molecule has 6 aromatic carbocycles. The maximum absolute atomic E-state index is 7.55. The Balaban J connectivity index is 1.39. The Morgan fingerprint density at radius 1 is 0.545 bits per heavy atom. The van der Waals surface area contributed by atoms with E-state index < -0.39 is 6.40 Å². The number of H-pyrrole nitrogens is 1. The van der Waals surface area contributed by atoms with Crippen molar-refractivity contribution < 1.29 is 4.49 Å². The van der Waals surface area contributed by atoms with Crippen LogP contribution in [0.4, 0.5) is 11.6 Å². The van der Waals surface area contributed by atoms with E-state index in [9.17, 15) is 0 Å². The zero-order valence-corrected chi connectivity index (χ0v) is 23.8. The van der Waals surface area contributed by atoms with Crippen molar-refractivity contribution in [1.29, 1.82) is 0 Å². The van der Waals surface area contributed by atoms with Gasteiger partial charge in [-0.3, -0.25) is 4.48 Å². The topological polar surface area (TPSA) is 60.8 Å². The van der Waals surface area contributed by atoms with Crippen LogP contribution in [0.1, 0.15) is 11.1 Å². The smallest absolute Gasteiger partial charge is 0.310 e. The molecule has 0 aliphatic carbocycles. The van der Waals surface area contributed by atoms with E-state index in [1.165, 1.54) is 0 Å². The van der Waals surface area contributed by atoms with Crippen molar-refractivity contribution in [3.05, 3.63) is 131 Å². The Hall–Kier alpha value is -5.53. The number of hydrogen-bond donors (Lipinski definition) is 1. The summed E-state index contributed by atoms with van der Waals surface area (Å²) in [6.07, 6.45) is -0.623. The van der Waals surface area contributed by atoms with E-state index in [0.29, 0.717) is 0 Å². The maximum atomic E-state index is 7.55. The highest BCUT2D eigenvalue weighted by atomic mass is 35.5. The van der Waals surface area contributed by atoms with Gasteiger partial charge in [0.05, 0.1) is 11.1 Å². The van der Waals surface area contributed by atoms with Crippen LogP contribution < -0.4 is 11.0 Å². The summed E-state index contributed by atoms with van der Waals surface area (Å²) in [7, 11) is 0. The van der Waals surface area contributed by atoms with Crippen LogP contribution in [0.5, 0.6) is 0 Å². The third kappa shape index (κ3) is 2.82. The predicted molar refractivity (Wildman–Crippen MR) is 179 cm³/mol. The van der Waals surface area contributed by atoms with Gasteiger partial charge in [-0.15, -0.1) is 11.5 Å². The third-order valence-electron chi connectivity index (χ3n) is 9.35. The molecule has 3 aliphatic rings. The average Bonchev–Trinajstić information content (AvgIpc) is 3.66. The predicted octanol–water partition coefficient (Wildman–Crippen LogP) is 7.10. The Kier molecular flexibility index (Phi) is 4.13. The van der Waals surface area contributed by atoms with E-state index in [2.05, 4.69) is 123 Å². The molecule has 202 valence electrons. The minimum Gasteiger partial charge on any atom is -0.310 e. The van der Waals surface area contributed by atoms with Gasteiger partial charge in [0.2, 0.25) is 11.3 Å². The second kappa shape index (κ2) is 7.89. The molecular formula is C36H19BClN6+. The molecule has 0 radical (unpaired) electrons. The van der Waals surface area contributed by atoms with Crippen molar-refractivity contribution in [1.82, 2.24) is 9.46 Å². The lowest BCUT2D eigenvalue weighted by atomic mass is 10.0. The number of aliphatic imine (C=N–C) groups is 1. The van der Waals surface area contributed by atoms with Crippen LogP contribution in [0.25, 0.3) is 53.9 Å². The van der Waals surface area contributed by atoms with E-state index in [4.69, 9.17) is 26.4 Å². The summed E-state index contributed by atoms with van der Waals surface area (Å²) in [4.78, 5) is 19.7. The van der Waals surface area contributed by atoms with Gasteiger partial charge in [0.25, 0.3) is 11.7 Å². The lowest BCUT2D eigenvalue weighted by Crippen LogP contribution is -2.41.